The van der Waals surface area contributed by atoms with E-state index in [2.05, 4.69) is 46.4 Å². The third kappa shape index (κ3) is 8.83. The van der Waals surface area contributed by atoms with E-state index in [0.717, 1.165) is 54.5 Å². The smallest absolute Gasteiger partial charge is 0.349 e. The third-order valence-electron chi connectivity index (χ3n) is 8.69. The number of anilines is 2. The highest BCUT2D eigenvalue weighted by atomic mass is 16.6. The zero-order chi connectivity index (χ0) is 33.3. The highest BCUT2D eigenvalue weighted by Gasteiger charge is 2.31. The fourth-order valence-electron chi connectivity index (χ4n) is 6.12. The van der Waals surface area contributed by atoms with E-state index in [0.29, 0.717) is 43.9 Å². The maximum absolute atomic E-state index is 12.8. The summed E-state index contributed by atoms with van der Waals surface area (Å²) in [6, 6.07) is 26.9. The number of nitrogens with zero attached hydrogens (tertiary/aromatic N) is 3. The van der Waals surface area contributed by atoms with Gasteiger partial charge >= 0.3 is 5.97 Å². The van der Waals surface area contributed by atoms with Gasteiger partial charge in [0.1, 0.15) is 23.1 Å². The Morgan fingerprint density at radius 1 is 1.06 bits per heavy atom. The average molecular weight is 651 g/mol. The van der Waals surface area contributed by atoms with Crippen molar-refractivity contribution in [3.8, 4) is 11.5 Å². The molecule has 0 spiro atoms. The zero-order valence-corrected chi connectivity index (χ0v) is 27.2. The van der Waals surface area contributed by atoms with Crippen LogP contribution >= 0.6 is 0 Å². The van der Waals surface area contributed by atoms with Gasteiger partial charge in [-0.1, -0.05) is 35.9 Å². The first-order valence-corrected chi connectivity index (χ1v) is 16.5. The van der Waals surface area contributed by atoms with Crippen LogP contribution in [0, 0.1) is 6.92 Å². The Morgan fingerprint density at radius 2 is 1.90 bits per heavy atom. The highest BCUT2D eigenvalue weighted by molar-refractivity contribution is 5.90. The highest BCUT2D eigenvalue weighted by Crippen LogP contribution is 2.30. The van der Waals surface area contributed by atoms with Crippen LogP contribution in [0.2, 0.25) is 0 Å². The standard InChI is InChI=1S/C38H42N4O6/c1-27-7-11-29(12-8-27)41(25-36-39-19-20-40-36)31-4-2-5-35(22-31)48-38(45)26-47-33-16-9-28(10-17-33)24-42-30(14-18-37(42)44)13-15-32(43)23-34-6-3-21-46-34/h2-12,16-17,21-22,30,32,43H,13-15,18-20,23-26H2,1H3,(H,39,40)/t30-,32?/m0/s1. The lowest BCUT2D eigenvalue weighted by Gasteiger charge is -2.26. The average Bonchev–Trinajstić information content (AvgIpc) is 3.87. The molecule has 0 radical (unpaired) electrons. The molecule has 2 aliphatic rings. The minimum Gasteiger partial charge on any atom is -0.482 e. The van der Waals surface area contributed by atoms with Gasteiger partial charge in [-0.3, -0.25) is 9.79 Å². The van der Waals surface area contributed by atoms with E-state index in [4.69, 9.17) is 13.9 Å². The van der Waals surface area contributed by atoms with Crippen LogP contribution in [-0.2, 0) is 22.6 Å². The normalized spacial score (nSPS) is 16.4. The van der Waals surface area contributed by atoms with Crippen molar-refractivity contribution in [1.82, 2.24) is 10.2 Å². The predicted molar refractivity (Wildman–Crippen MR) is 184 cm³/mol. The number of hydrogen-bond donors (Lipinski definition) is 2. The summed E-state index contributed by atoms with van der Waals surface area (Å²) in [6.07, 6.45) is 4.20. The summed E-state index contributed by atoms with van der Waals surface area (Å²) in [5.41, 5.74) is 4.03. The van der Waals surface area contributed by atoms with E-state index >= 15 is 0 Å². The molecule has 1 fully saturated rings. The lowest BCUT2D eigenvalue weighted by molar-refractivity contribution is -0.136. The summed E-state index contributed by atoms with van der Waals surface area (Å²) in [4.78, 5) is 34.0. The van der Waals surface area contributed by atoms with Gasteiger partial charge in [0.05, 0.1) is 25.5 Å². The molecule has 1 amide bonds. The Bertz CT molecular complexity index is 1690. The Morgan fingerprint density at radius 3 is 2.65 bits per heavy atom. The van der Waals surface area contributed by atoms with Crippen molar-refractivity contribution in [2.75, 3.05) is 31.1 Å². The summed E-state index contributed by atoms with van der Waals surface area (Å²) in [7, 11) is 0. The summed E-state index contributed by atoms with van der Waals surface area (Å²) in [5, 5.41) is 13.8. The second kappa shape index (κ2) is 15.7. The molecule has 0 bridgehead atoms. The van der Waals surface area contributed by atoms with Gasteiger partial charge in [-0.25, -0.2) is 4.79 Å². The third-order valence-corrected chi connectivity index (χ3v) is 8.69. The molecule has 2 atom stereocenters. The van der Waals surface area contributed by atoms with Gasteiger partial charge in [0.25, 0.3) is 0 Å². The van der Waals surface area contributed by atoms with E-state index < -0.39 is 12.1 Å². The number of carbonyl (C=O) groups is 2. The van der Waals surface area contributed by atoms with Gasteiger partial charge in [0, 0.05) is 49.4 Å². The molecule has 3 aromatic carbocycles. The summed E-state index contributed by atoms with van der Waals surface area (Å²) in [5.74, 6) is 2.24. The number of aliphatic imine (C=N–C) groups is 1. The number of aliphatic hydroxyl groups is 1. The van der Waals surface area contributed by atoms with Gasteiger partial charge in [0.2, 0.25) is 5.91 Å². The van der Waals surface area contributed by atoms with Crippen LogP contribution in [0.4, 0.5) is 11.4 Å². The van der Waals surface area contributed by atoms with Crippen LogP contribution in [0.25, 0.3) is 0 Å². The van der Waals surface area contributed by atoms with Gasteiger partial charge in [-0.15, -0.1) is 0 Å². The molecule has 10 nitrogen and oxygen atoms in total. The minimum absolute atomic E-state index is 0.0880. The maximum Gasteiger partial charge on any atom is 0.349 e. The summed E-state index contributed by atoms with van der Waals surface area (Å²) < 4.78 is 16.7. The van der Waals surface area contributed by atoms with Crippen molar-refractivity contribution < 1.29 is 28.6 Å². The summed E-state index contributed by atoms with van der Waals surface area (Å²) >= 11 is 0. The summed E-state index contributed by atoms with van der Waals surface area (Å²) in [6.45, 7) is 4.45. The Labute approximate surface area is 281 Å². The molecular weight excluding hydrogens is 608 g/mol. The molecule has 0 saturated carbocycles. The number of likely N-dealkylation sites (tertiary alicyclic amines) is 1. The number of amides is 1. The van der Waals surface area contributed by atoms with Crippen molar-refractivity contribution >= 4 is 29.1 Å². The van der Waals surface area contributed by atoms with E-state index in [1.54, 1.807) is 24.5 Å². The monoisotopic (exact) mass is 650 g/mol. The van der Waals surface area contributed by atoms with Gasteiger partial charge in [0.15, 0.2) is 6.61 Å². The van der Waals surface area contributed by atoms with Crippen molar-refractivity contribution in [3.63, 3.8) is 0 Å². The molecule has 0 aliphatic carbocycles. The van der Waals surface area contributed by atoms with Crippen LogP contribution in [0.1, 0.15) is 42.6 Å². The number of furan rings is 1. The van der Waals surface area contributed by atoms with Crippen LogP contribution in [0.15, 0.2) is 101 Å². The lowest BCUT2D eigenvalue weighted by Crippen LogP contribution is -2.33. The SMILES string of the molecule is Cc1ccc(N(CC2=NCCN2)c2cccc(OC(=O)COc3ccc(CN4C(=O)CC[C@@H]4CCC(O)Cc4ccco4)cc3)c2)cc1. The van der Waals surface area contributed by atoms with Crippen molar-refractivity contribution in [3.05, 3.63) is 108 Å². The van der Waals surface area contributed by atoms with Crippen LogP contribution in [0.3, 0.4) is 0 Å². The van der Waals surface area contributed by atoms with Gasteiger partial charge < -0.3 is 34.1 Å². The van der Waals surface area contributed by atoms with E-state index in [1.165, 1.54) is 5.56 Å². The van der Waals surface area contributed by atoms with Gasteiger partial charge in [-0.05, 0) is 80.3 Å². The maximum atomic E-state index is 12.8. The first-order chi connectivity index (χ1) is 23.4. The number of ether oxygens (including phenoxy) is 2. The Hall–Kier alpha value is -5.09. The number of nitrogens with one attached hydrogen (secondary N) is 1. The number of esters is 1. The van der Waals surface area contributed by atoms with Gasteiger partial charge in [-0.2, -0.15) is 0 Å². The van der Waals surface area contributed by atoms with Crippen molar-refractivity contribution in [2.45, 2.75) is 57.7 Å². The fourth-order valence-corrected chi connectivity index (χ4v) is 6.12. The molecule has 1 saturated heterocycles. The molecular formula is C38H42N4O6. The number of hydrogen-bond acceptors (Lipinski definition) is 9. The number of benzene rings is 3. The molecule has 10 heteroatoms. The molecule has 6 rings (SSSR count). The first kappa shape index (κ1) is 32.8. The second-order valence-corrected chi connectivity index (χ2v) is 12.3. The lowest BCUT2D eigenvalue weighted by atomic mass is 10.0. The molecule has 48 heavy (non-hydrogen) atoms. The zero-order valence-electron chi connectivity index (χ0n) is 27.2. The van der Waals surface area contributed by atoms with Crippen molar-refractivity contribution in [1.29, 1.82) is 0 Å². The van der Waals surface area contributed by atoms with E-state index in [1.807, 2.05) is 47.4 Å². The number of aliphatic hydroxyl groups excluding tert-OH is 1. The van der Waals surface area contributed by atoms with Crippen LogP contribution < -0.4 is 19.7 Å². The molecule has 1 aromatic heterocycles. The number of carbonyl (C=O) groups excluding carboxylic acids is 2. The fraction of sp³-hybridized carbons (Fsp3) is 0.342. The Kier molecular flexibility index (Phi) is 10.7. The predicted octanol–water partition coefficient (Wildman–Crippen LogP) is 5.59. The second-order valence-electron chi connectivity index (χ2n) is 12.3. The van der Waals surface area contributed by atoms with Crippen LogP contribution in [0.5, 0.6) is 11.5 Å². The minimum atomic E-state index is -0.514. The topological polar surface area (TPSA) is 117 Å². The first-order valence-electron chi connectivity index (χ1n) is 16.5. The molecule has 3 heterocycles. The quantitative estimate of drug-likeness (QED) is 0.126. The molecule has 250 valence electrons. The molecule has 4 aromatic rings. The molecule has 2 N–H and O–H groups in total. The molecule has 2 aliphatic heterocycles. The molecule has 1 unspecified atom stereocenters. The van der Waals surface area contributed by atoms with Crippen LogP contribution in [-0.4, -0.2) is 66.1 Å². The van der Waals surface area contributed by atoms with E-state index in [9.17, 15) is 14.7 Å². The largest absolute Gasteiger partial charge is 0.482 e. The number of rotatable bonds is 15. The number of aryl methyl sites for hydroxylation is 1. The Balaban J connectivity index is 1.00. The van der Waals surface area contributed by atoms with Crippen molar-refractivity contribution in [2.24, 2.45) is 4.99 Å². The van der Waals surface area contributed by atoms with E-state index in [-0.39, 0.29) is 18.6 Å². The number of amidine groups is 1.